The first kappa shape index (κ1) is 20.3. The molecule has 2 aliphatic rings. The molecule has 1 amide bonds. The second kappa shape index (κ2) is 9.16. The second-order valence-electron chi connectivity index (χ2n) is 7.45. The Balaban J connectivity index is 1.81. The maximum Gasteiger partial charge on any atom is 0.254 e. The van der Waals surface area contributed by atoms with Crippen LogP contribution in [0.2, 0.25) is 5.02 Å². The third-order valence-corrected chi connectivity index (χ3v) is 5.78. The SMILES string of the molecule is CCCOc1c(Cl)cc(C(=O)N(C2CC2)C2CCN(CC)CC2)cc1OC. The summed E-state index contributed by atoms with van der Waals surface area (Å²) < 4.78 is 11.2. The average Bonchev–Trinajstić information content (AvgIpc) is 3.52. The summed E-state index contributed by atoms with van der Waals surface area (Å²) in [6.45, 7) is 8.00. The van der Waals surface area contributed by atoms with E-state index >= 15 is 0 Å². The van der Waals surface area contributed by atoms with Crippen molar-refractivity contribution >= 4 is 17.5 Å². The van der Waals surface area contributed by atoms with Crippen LogP contribution in [-0.2, 0) is 0 Å². The molecule has 0 spiro atoms. The standard InChI is InChI=1S/C21H31ClN2O3/c1-4-12-27-20-18(22)13-15(14-19(20)26-3)21(25)24(16-6-7-16)17-8-10-23(5-2)11-9-17/h13-14,16-17H,4-12H2,1-3H3. The molecule has 27 heavy (non-hydrogen) atoms. The molecule has 2 fully saturated rings. The van der Waals surface area contributed by atoms with Crippen molar-refractivity contribution in [3.05, 3.63) is 22.7 Å². The molecule has 3 rings (SSSR count). The first-order valence-electron chi connectivity index (χ1n) is 10.1. The lowest BCUT2D eigenvalue weighted by Gasteiger charge is -2.38. The molecular weight excluding hydrogens is 364 g/mol. The molecule has 1 aliphatic heterocycles. The number of hydrogen-bond donors (Lipinski definition) is 0. The van der Waals surface area contributed by atoms with Gasteiger partial charge in [-0.2, -0.15) is 0 Å². The van der Waals surface area contributed by atoms with E-state index in [1.165, 1.54) is 0 Å². The molecule has 0 N–H and O–H groups in total. The highest BCUT2D eigenvalue weighted by molar-refractivity contribution is 6.32. The highest BCUT2D eigenvalue weighted by atomic mass is 35.5. The Morgan fingerprint density at radius 1 is 1.19 bits per heavy atom. The van der Waals surface area contributed by atoms with Crippen LogP contribution < -0.4 is 9.47 Å². The highest BCUT2D eigenvalue weighted by Crippen LogP contribution is 2.39. The zero-order chi connectivity index (χ0) is 19.4. The molecule has 1 heterocycles. The number of halogens is 1. The average molecular weight is 395 g/mol. The molecule has 0 unspecified atom stereocenters. The van der Waals surface area contributed by atoms with Gasteiger partial charge in [0.15, 0.2) is 11.5 Å². The Morgan fingerprint density at radius 2 is 1.85 bits per heavy atom. The second-order valence-corrected chi connectivity index (χ2v) is 7.85. The zero-order valence-electron chi connectivity index (χ0n) is 16.7. The van der Waals surface area contributed by atoms with E-state index < -0.39 is 0 Å². The maximum atomic E-state index is 13.4. The summed E-state index contributed by atoms with van der Waals surface area (Å²) in [4.78, 5) is 17.9. The van der Waals surface area contributed by atoms with Gasteiger partial charge < -0.3 is 19.3 Å². The van der Waals surface area contributed by atoms with Crippen molar-refractivity contribution in [3.8, 4) is 11.5 Å². The summed E-state index contributed by atoms with van der Waals surface area (Å²) in [6.07, 6.45) is 5.16. The van der Waals surface area contributed by atoms with Crippen molar-refractivity contribution in [2.75, 3.05) is 33.4 Å². The molecule has 0 bridgehead atoms. The van der Waals surface area contributed by atoms with Crippen molar-refractivity contribution in [1.82, 2.24) is 9.80 Å². The molecule has 1 saturated carbocycles. The van der Waals surface area contributed by atoms with Crippen molar-refractivity contribution in [2.24, 2.45) is 0 Å². The number of nitrogens with zero attached hydrogens (tertiary/aromatic N) is 2. The van der Waals surface area contributed by atoms with Crippen LogP contribution in [0, 0.1) is 0 Å². The van der Waals surface area contributed by atoms with Crippen LogP contribution in [-0.4, -0.2) is 61.1 Å². The molecule has 1 aromatic carbocycles. The van der Waals surface area contributed by atoms with Gasteiger partial charge in [0.2, 0.25) is 0 Å². The fourth-order valence-corrected chi connectivity index (χ4v) is 4.10. The molecule has 1 aliphatic carbocycles. The number of amides is 1. The van der Waals surface area contributed by atoms with E-state index in [1.807, 2.05) is 6.92 Å². The van der Waals surface area contributed by atoms with Gasteiger partial charge in [-0.1, -0.05) is 25.4 Å². The minimum atomic E-state index is 0.0645. The van der Waals surface area contributed by atoms with Gasteiger partial charge in [-0.25, -0.2) is 0 Å². The molecule has 0 atom stereocenters. The first-order valence-corrected chi connectivity index (χ1v) is 10.5. The van der Waals surface area contributed by atoms with Gasteiger partial charge in [0.1, 0.15) is 0 Å². The number of hydrogen-bond acceptors (Lipinski definition) is 4. The van der Waals surface area contributed by atoms with Gasteiger partial charge in [-0.05, 0) is 50.8 Å². The van der Waals surface area contributed by atoms with E-state index in [0.29, 0.717) is 40.8 Å². The fraction of sp³-hybridized carbons (Fsp3) is 0.667. The third kappa shape index (κ3) is 4.69. The van der Waals surface area contributed by atoms with Crippen LogP contribution >= 0.6 is 11.6 Å². The fourth-order valence-electron chi connectivity index (χ4n) is 3.83. The van der Waals surface area contributed by atoms with Gasteiger partial charge in [-0.3, -0.25) is 4.79 Å². The van der Waals surface area contributed by atoms with E-state index in [1.54, 1.807) is 19.2 Å². The summed E-state index contributed by atoms with van der Waals surface area (Å²) in [5.41, 5.74) is 0.588. The topological polar surface area (TPSA) is 42.0 Å². The molecule has 150 valence electrons. The molecule has 0 radical (unpaired) electrons. The van der Waals surface area contributed by atoms with Gasteiger partial charge in [0.25, 0.3) is 5.91 Å². The van der Waals surface area contributed by atoms with Crippen LogP contribution in [0.4, 0.5) is 0 Å². The number of likely N-dealkylation sites (tertiary alicyclic amines) is 1. The minimum Gasteiger partial charge on any atom is -0.493 e. The van der Waals surface area contributed by atoms with E-state index in [9.17, 15) is 4.79 Å². The Labute approximate surface area is 167 Å². The van der Waals surface area contributed by atoms with Crippen molar-refractivity contribution in [3.63, 3.8) is 0 Å². The van der Waals surface area contributed by atoms with Gasteiger partial charge in [0, 0.05) is 30.7 Å². The number of methoxy groups -OCH3 is 1. The molecule has 1 saturated heterocycles. The number of piperidine rings is 1. The van der Waals surface area contributed by atoms with Crippen molar-refractivity contribution in [2.45, 2.75) is 58.0 Å². The quantitative estimate of drug-likeness (QED) is 0.661. The van der Waals surface area contributed by atoms with E-state index in [4.69, 9.17) is 21.1 Å². The third-order valence-electron chi connectivity index (χ3n) is 5.50. The number of carbonyl (C=O) groups excluding carboxylic acids is 1. The smallest absolute Gasteiger partial charge is 0.254 e. The van der Waals surface area contributed by atoms with Gasteiger partial charge in [-0.15, -0.1) is 0 Å². The molecular formula is C21H31ClN2O3. The minimum absolute atomic E-state index is 0.0645. The van der Waals surface area contributed by atoms with Crippen molar-refractivity contribution in [1.29, 1.82) is 0 Å². The van der Waals surface area contributed by atoms with E-state index in [0.717, 1.165) is 51.7 Å². The number of rotatable bonds is 8. The summed E-state index contributed by atoms with van der Waals surface area (Å²) >= 11 is 6.43. The van der Waals surface area contributed by atoms with Crippen LogP contribution in [0.5, 0.6) is 11.5 Å². The molecule has 1 aromatic rings. The Hall–Kier alpha value is -1.46. The number of benzene rings is 1. The number of ether oxygens (including phenoxy) is 2. The normalized spacial score (nSPS) is 18.4. The van der Waals surface area contributed by atoms with E-state index in [2.05, 4.69) is 16.7 Å². The van der Waals surface area contributed by atoms with Crippen LogP contribution in [0.1, 0.15) is 56.3 Å². The summed E-state index contributed by atoms with van der Waals surface area (Å²) in [6, 6.07) is 4.19. The lowest BCUT2D eigenvalue weighted by Crippen LogP contribution is -2.48. The highest BCUT2D eigenvalue weighted by Gasteiger charge is 2.39. The lowest BCUT2D eigenvalue weighted by molar-refractivity contribution is 0.0554. The Morgan fingerprint density at radius 3 is 2.41 bits per heavy atom. The van der Waals surface area contributed by atoms with Gasteiger partial charge >= 0.3 is 0 Å². The lowest BCUT2D eigenvalue weighted by atomic mass is 10.0. The number of carbonyl (C=O) groups is 1. The van der Waals surface area contributed by atoms with Gasteiger partial charge in [0.05, 0.1) is 18.7 Å². The summed E-state index contributed by atoms with van der Waals surface area (Å²) in [5.74, 6) is 1.11. The summed E-state index contributed by atoms with van der Waals surface area (Å²) in [7, 11) is 1.58. The predicted molar refractivity (Wildman–Crippen MR) is 108 cm³/mol. The monoisotopic (exact) mass is 394 g/mol. The van der Waals surface area contributed by atoms with Crippen LogP contribution in [0.3, 0.4) is 0 Å². The molecule has 6 heteroatoms. The van der Waals surface area contributed by atoms with Crippen LogP contribution in [0.15, 0.2) is 12.1 Å². The summed E-state index contributed by atoms with van der Waals surface area (Å²) in [5, 5.41) is 0.433. The largest absolute Gasteiger partial charge is 0.493 e. The first-order chi connectivity index (χ1) is 13.1. The maximum absolute atomic E-state index is 13.4. The molecule has 5 nitrogen and oxygen atoms in total. The predicted octanol–water partition coefficient (Wildman–Crippen LogP) is 4.23. The Kier molecular flexibility index (Phi) is 6.88. The van der Waals surface area contributed by atoms with Crippen LogP contribution in [0.25, 0.3) is 0 Å². The Bertz CT molecular complexity index is 655. The van der Waals surface area contributed by atoms with Crippen molar-refractivity contribution < 1.29 is 14.3 Å². The van der Waals surface area contributed by atoms with E-state index in [-0.39, 0.29) is 5.91 Å². The zero-order valence-corrected chi connectivity index (χ0v) is 17.4. The molecule has 0 aromatic heterocycles.